The predicted octanol–water partition coefficient (Wildman–Crippen LogP) is 3.28. The van der Waals surface area contributed by atoms with Crippen LogP contribution in [0.15, 0.2) is 16.6 Å². The van der Waals surface area contributed by atoms with Crippen molar-refractivity contribution in [3.8, 4) is 0 Å². The molecule has 1 amide bonds. The van der Waals surface area contributed by atoms with Gasteiger partial charge in [0.25, 0.3) is 0 Å². The van der Waals surface area contributed by atoms with E-state index in [9.17, 15) is 4.79 Å². The minimum atomic E-state index is -0.0144. The molecule has 5 heteroatoms. The van der Waals surface area contributed by atoms with Gasteiger partial charge in [-0.1, -0.05) is 6.92 Å². The van der Waals surface area contributed by atoms with Crippen LogP contribution in [0.25, 0.3) is 0 Å². The van der Waals surface area contributed by atoms with Gasteiger partial charge in [0.05, 0.1) is 5.69 Å². The maximum Gasteiger partial charge on any atom is 0.228 e. The van der Waals surface area contributed by atoms with Crippen LogP contribution in [0.3, 0.4) is 0 Å². The molecule has 0 aliphatic heterocycles. The fraction of sp³-hybridized carbons (Fsp3) is 0.417. The molecule has 0 bridgehead atoms. The van der Waals surface area contributed by atoms with Gasteiger partial charge in [-0.2, -0.15) is 11.8 Å². The lowest BCUT2D eigenvalue weighted by molar-refractivity contribution is -0.118. The van der Waals surface area contributed by atoms with E-state index in [1.807, 2.05) is 26.2 Å². The molecule has 0 fully saturated rings. The molecule has 0 aliphatic rings. The van der Waals surface area contributed by atoms with Crippen molar-refractivity contribution in [1.29, 1.82) is 0 Å². The molecule has 0 spiro atoms. The van der Waals surface area contributed by atoms with Crippen molar-refractivity contribution >= 4 is 45.0 Å². The number of anilines is 2. The van der Waals surface area contributed by atoms with Crippen LogP contribution in [-0.2, 0) is 4.79 Å². The molecule has 1 aromatic carbocycles. The number of aryl methyl sites for hydroxylation is 1. The molecule has 1 rings (SSSR count). The van der Waals surface area contributed by atoms with Gasteiger partial charge in [0.2, 0.25) is 5.91 Å². The Morgan fingerprint density at radius 3 is 2.82 bits per heavy atom. The Bertz CT molecular complexity index is 423. The summed E-state index contributed by atoms with van der Waals surface area (Å²) < 4.78 is 0.855. The monoisotopic (exact) mass is 316 g/mol. The van der Waals surface area contributed by atoms with E-state index in [1.165, 1.54) is 0 Å². The minimum Gasteiger partial charge on any atom is -0.398 e. The van der Waals surface area contributed by atoms with Crippen LogP contribution < -0.4 is 11.1 Å². The van der Waals surface area contributed by atoms with Gasteiger partial charge in [-0.3, -0.25) is 4.79 Å². The highest BCUT2D eigenvalue weighted by atomic mass is 79.9. The van der Waals surface area contributed by atoms with Gasteiger partial charge in [-0.15, -0.1) is 0 Å². The van der Waals surface area contributed by atoms with E-state index in [0.29, 0.717) is 5.69 Å². The quantitative estimate of drug-likeness (QED) is 0.838. The van der Waals surface area contributed by atoms with Crippen molar-refractivity contribution in [2.24, 2.45) is 5.92 Å². The van der Waals surface area contributed by atoms with Gasteiger partial charge in [0.15, 0.2) is 0 Å². The smallest absolute Gasteiger partial charge is 0.228 e. The molecule has 94 valence electrons. The van der Waals surface area contributed by atoms with Gasteiger partial charge in [0.1, 0.15) is 0 Å². The van der Waals surface area contributed by atoms with Crippen molar-refractivity contribution in [1.82, 2.24) is 0 Å². The van der Waals surface area contributed by atoms with E-state index in [1.54, 1.807) is 17.8 Å². The predicted molar refractivity (Wildman–Crippen MR) is 79.5 cm³/mol. The topological polar surface area (TPSA) is 55.1 Å². The van der Waals surface area contributed by atoms with Crippen LogP contribution >= 0.6 is 27.7 Å². The van der Waals surface area contributed by atoms with Crippen molar-refractivity contribution in [3.05, 3.63) is 22.2 Å². The third kappa shape index (κ3) is 3.92. The van der Waals surface area contributed by atoms with E-state index in [-0.39, 0.29) is 11.8 Å². The molecular formula is C12H17BrN2OS. The Balaban J connectivity index is 2.81. The van der Waals surface area contributed by atoms with Crippen LogP contribution in [0.5, 0.6) is 0 Å². The summed E-state index contributed by atoms with van der Waals surface area (Å²) in [5.74, 6) is 0.813. The lowest BCUT2D eigenvalue weighted by atomic mass is 10.1. The molecule has 17 heavy (non-hydrogen) atoms. The molecule has 0 aromatic heterocycles. The molecule has 1 atom stereocenters. The number of nitrogens with two attached hydrogens (primary N) is 1. The molecule has 3 nitrogen and oxygen atoms in total. The van der Waals surface area contributed by atoms with Crippen LogP contribution in [0.2, 0.25) is 0 Å². The van der Waals surface area contributed by atoms with E-state index in [4.69, 9.17) is 5.73 Å². The zero-order valence-corrected chi connectivity index (χ0v) is 12.6. The first-order valence-electron chi connectivity index (χ1n) is 5.31. The Hall–Kier alpha value is -0.680. The van der Waals surface area contributed by atoms with Gasteiger partial charge in [0, 0.05) is 21.8 Å². The summed E-state index contributed by atoms with van der Waals surface area (Å²) in [5, 5.41) is 2.88. The van der Waals surface area contributed by atoms with Crippen molar-refractivity contribution in [2.45, 2.75) is 13.8 Å². The Labute approximate surface area is 115 Å². The Morgan fingerprint density at radius 2 is 2.24 bits per heavy atom. The Morgan fingerprint density at radius 1 is 1.59 bits per heavy atom. The van der Waals surface area contributed by atoms with Gasteiger partial charge < -0.3 is 11.1 Å². The summed E-state index contributed by atoms with van der Waals surface area (Å²) in [4.78, 5) is 11.9. The van der Waals surface area contributed by atoms with E-state index < -0.39 is 0 Å². The minimum absolute atomic E-state index is 0.0144. The number of hydrogen-bond donors (Lipinski definition) is 2. The first kappa shape index (κ1) is 14.4. The highest BCUT2D eigenvalue weighted by Crippen LogP contribution is 2.28. The SMILES string of the molecule is CSCC(C)C(=O)Nc1cc(N)c(C)cc1Br. The molecule has 0 saturated carbocycles. The molecular weight excluding hydrogens is 300 g/mol. The second-order valence-corrected chi connectivity index (χ2v) is 5.80. The largest absolute Gasteiger partial charge is 0.398 e. The summed E-state index contributed by atoms with van der Waals surface area (Å²) in [6.07, 6.45) is 1.99. The number of amides is 1. The third-order valence-corrected chi connectivity index (χ3v) is 3.97. The van der Waals surface area contributed by atoms with Gasteiger partial charge in [-0.05, 0) is 46.8 Å². The summed E-state index contributed by atoms with van der Waals surface area (Å²) in [6, 6.07) is 3.69. The number of thioether (sulfide) groups is 1. The molecule has 1 unspecified atom stereocenters. The zero-order chi connectivity index (χ0) is 13.0. The molecule has 0 heterocycles. The van der Waals surface area contributed by atoms with Crippen molar-refractivity contribution in [3.63, 3.8) is 0 Å². The highest BCUT2D eigenvalue weighted by Gasteiger charge is 2.14. The standard InChI is InChI=1S/C12H17BrN2OS/c1-7-4-9(13)11(5-10(7)14)15-12(16)8(2)6-17-3/h4-5,8H,6,14H2,1-3H3,(H,15,16). The normalized spacial score (nSPS) is 12.2. The number of carbonyl (C=O) groups excluding carboxylic acids is 1. The number of nitrogens with one attached hydrogen (secondary N) is 1. The second-order valence-electron chi connectivity index (χ2n) is 4.03. The van der Waals surface area contributed by atoms with Crippen LogP contribution in [0, 0.1) is 12.8 Å². The molecule has 0 aliphatic carbocycles. The average molecular weight is 317 g/mol. The van der Waals surface area contributed by atoms with Gasteiger partial charge >= 0.3 is 0 Å². The Kier molecular flexibility index (Phi) is 5.33. The molecule has 3 N–H and O–H groups in total. The first-order chi connectivity index (χ1) is 7.95. The average Bonchev–Trinajstić information content (AvgIpc) is 2.26. The number of benzene rings is 1. The fourth-order valence-electron chi connectivity index (χ4n) is 1.37. The number of nitrogen functional groups attached to an aromatic ring is 1. The fourth-order valence-corrected chi connectivity index (χ4v) is 2.58. The van der Waals surface area contributed by atoms with Crippen molar-refractivity contribution < 1.29 is 4.79 Å². The maximum atomic E-state index is 11.9. The van der Waals surface area contributed by atoms with Crippen LogP contribution in [-0.4, -0.2) is 17.9 Å². The first-order valence-corrected chi connectivity index (χ1v) is 7.49. The molecule has 1 aromatic rings. The summed E-state index contributed by atoms with van der Waals surface area (Å²) in [7, 11) is 0. The number of hydrogen-bond acceptors (Lipinski definition) is 3. The van der Waals surface area contributed by atoms with E-state index in [0.717, 1.165) is 21.5 Å². The number of halogens is 1. The summed E-state index contributed by atoms with van der Waals surface area (Å²) >= 11 is 5.08. The van der Waals surface area contributed by atoms with E-state index in [2.05, 4.69) is 21.2 Å². The summed E-state index contributed by atoms with van der Waals surface area (Å²) in [5.41, 5.74) is 8.23. The highest BCUT2D eigenvalue weighted by molar-refractivity contribution is 9.10. The van der Waals surface area contributed by atoms with Crippen LogP contribution in [0.1, 0.15) is 12.5 Å². The molecule has 0 saturated heterocycles. The summed E-state index contributed by atoms with van der Waals surface area (Å²) in [6.45, 7) is 3.85. The number of rotatable bonds is 4. The number of carbonyl (C=O) groups is 1. The molecule has 0 radical (unpaired) electrons. The lowest BCUT2D eigenvalue weighted by Crippen LogP contribution is -2.22. The second kappa shape index (κ2) is 6.31. The van der Waals surface area contributed by atoms with Crippen molar-refractivity contribution in [2.75, 3.05) is 23.1 Å². The van der Waals surface area contributed by atoms with E-state index >= 15 is 0 Å². The maximum absolute atomic E-state index is 11.9. The third-order valence-electron chi connectivity index (χ3n) is 2.48. The van der Waals surface area contributed by atoms with Crippen LogP contribution in [0.4, 0.5) is 11.4 Å². The zero-order valence-electron chi connectivity index (χ0n) is 10.2. The lowest BCUT2D eigenvalue weighted by Gasteiger charge is -2.13. The van der Waals surface area contributed by atoms with Gasteiger partial charge in [-0.25, -0.2) is 0 Å².